The zero-order valence-corrected chi connectivity index (χ0v) is 15.2. The van der Waals surface area contributed by atoms with Crippen molar-refractivity contribution in [3.8, 4) is 0 Å². The Balaban J connectivity index is 1.48. The Labute approximate surface area is 153 Å². The van der Waals surface area contributed by atoms with Crippen molar-refractivity contribution in [1.29, 1.82) is 0 Å². The summed E-state index contributed by atoms with van der Waals surface area (Å²) in [6.07, 6.45) is 1.13. The van der Waals surface area contributed by atoms with E-state index in [-0.39, 0.29) is 35.3 Å². The molecular formula is C17H16F2N2O3S2. The van der Waals surface area contributed by atoms with E-state index in [9.17, 15) is 22.0 Å². The molecule has 5 nitrogen and oxygen atoms in total. The Morgan fingerprint density at radius 2 is 1.92 bits per heavy atom. The average Bonchev–Trinajstić information content (AvgIpc) is 3.30. The van der Waals surface area contributed by atoms with E-state index < -0.39 is 21.7 Å². The van der Waals surface area contributed by atoms with Crippen LogP contribution in [0.4, 0.5) is 8.78 Å². The van der Waals surface area contributed by atoms with Crippen molar-refractivity contribution in [2.75, 3.05) is 6.54 Å². The summed E-state index contributed by atoms with van der Waals surface area (Å²) in [6.45, 7) is 0.237. The molecule has 1 aliphatic carbocycles. The summed E-state index contributed by atoms with van der Waals surface area (Å²) < 4.78 is 53.6. The van der Waals surface area contributed by atoms with Gasteiger partial charge in [0.1, 0.15) is 11.6 Å². The van der Waals surface area contributed by atoms with Crippen LogP contribution in [0.1, 0.15) is 22.5 Å². The number of nitrogens with zero attached hydrogens (tertiary/aromatic N) is 1. The smallest absolute Gasteiger partial charge is 0.261 e. The quantitative estimate of drug-likeness (QED) is 0.861. The number of nitrogens with one attached hydrogen (secondary N) is 1. The largest absolute Gasteiger partial charge is 0.348 e. The number of rotatable bonds is 4. The first-order valence-electron chi connectivity index (χ1n) is 8.17. The van der Waals surface area contributed by atoms with Gasteiger partial charge >= 0.3 is 0 Å². The Morgan fingerprint density at radius 1 is 1.19 bits per heavy atom. The summed E-state index contributed by atoms with van der Waals surface area (Å²) >= 11 is 1.35. The zero-order valence-electron chi connectivity index (χ0n) is 13.6. The third kappa shape index (κ3) is 3.04. The lowest BCUT2D eigenvalue weighted by Crippen LogP contribution is -2.47. The van der Waals surface area contributed by atoms with Crippen LogP contribution in [0, 0.1) is 17.6 Å². The van der Waals surface area contributed by atoms with Crippen molar-refractivity contribution < 1.29 is 22.0 Å². The highest BCUT2D eigenvalue weighted by molar-refractivity contribution is 7.89. The zero-order chi connectivity index (χ0) is 18.5. The van der Waals surface area contributed by atoms with Crippen LogP contribution in [-0.4, -0.2) is 37.3 Å². The normalized spacial score (nSPS) is 25.5. The number of benzene rings is 1. The lowest BCUT2D eigenvalue weighted by atomic mass is 10.0. The molecule has 1 aromatic heterocycles. The second-order valence-corrected chi connectivity index (χ2v) is 9.46. The molecule has 0 radical (unpaired) electrons. The topological polar surface area (TPSA) is 66.5 Å². The summed E-state index contributed by atoms with van der Waals surface area (Å²) in [7, 11) is -3.97. The van der Waals surface area contributed by atoms with Gasteiger partial charge < -0.3 is 5.32 Å². The van der Waals surface area contributed by atoms with Crippen LogP contribution < -0.4 is 5.32 Å². The van der Waals surface area contributed by atoms with Gasteiger partial charge in [0.05, 0.1) is 9.77 Å². The molecule has 0 spiro atoms. The molecule has 26 heavy (non-hydrogen) atoms. The first kappa shape index (κ1) is 17.6. The standard InChI is InChI=1S/C17H16F2N2O3S2/c18-11-5-12(19)7-14(6-11)26(23,24)21-9-10-4-13(21)8-15(10)20-17(22)16-2-1-3-25-16/h1-3,5-7,10,13,15H,4,8-9H2,(H,20,22)/t10-,13-,15-/m0/s1. The Morgan fingerprint density at radius 3 is 2.50 bits per heavy atom. The molecule has 1 aliphatic heterocycles. The number of hydrogen-bond acceptors (Lipinski definition) is 4. The maximum absolute atomic E-state index is 13.4. The van der Waals surface area contributed by atoms with Gasteiger partial charge in [0, 0.05) is 24.7 Å². The summed E-state index contributed by atoms with van der Waals surface area (Å²) in [5, 5.41) is 4.79. The number of fused-ring (bicyclic) bond motifs is 2. The SMILES string of the molecule is O=C(N[C@H]1C[C@@H]2C[C@H]1CN2S(=O)(=O)c1cc(F)cc(F)c1)c1cccs1. The van der Waals surface area contributed by atoms with Crippen LogP contribution in [-0.2, 0) is 10.0 Å². The summed E-state index contributed by atoms with van der Waals surface area (Å²) in [4.78, 5) is 12.4. The van der Waals surface area contributed by atoms with Gasteiger partial charge in [0.15, 0.2) is 0 Å². The predicted octanol–water partition coefficient (Wildman–Crippen LogP) is 2.61. The third-order valence-corrected chi connectivity index (χ3v) is 7.76. The van der Waals surface area contributed by atoms with Gasteiger partial charge in [-0.05, 0) is 42.3 Å². The molecule has 2 heterocycles. The monoisotopic (exact) mass is 398 g/mol. The van der Waals surface area contributed by atoms with E-state index in [2.05, 4.69) is 5.32 Å². The first-order chi connectivity index (χ1) is 12.3. The van der Waals surface area contributed by atoms with E-state index >= 15 is 0 Å². The first-order valence-corrected chi connectivity index (χ1v) is 10.5. The van der Waals surface area contributed by atoms with Crippen molar-refractivity contribution in [3.63, 3.8) is 0 Å². The van der Waals surface area contributed by atoms with Crippen LogP contribution in [0.15, 0.2) is 40.6 Å². The average molecular weight is 398 g/mol. The lowest BCUT2D eigenvalue weighted by molar-refractivity contribution is 0.0923. The molecule has 0 unspecified atom stereocenters. The van der Waals surface area contributed by atoms with Crippen LogP contribution in [0.5, 0.6) is 0 Å². The summed E-state index contributed by atoms with van der Waals surface area (Å²) in [6, 6.07) is 5.48. The number of halogens is 2. The van der Waals surface area contributed by atoms with E-state index in [0.717, 1.165) is 12.1 Å². The van der Waals surface area contributed by atoms with Gasteiger partial charge in [-0.3, -0.25) is 4.79 Å². The number of piperidine rings is 1. The maximum atomic E-state index is 13.4. The highest BCUT2D eigenvalue weighted by Gasteiger charge is 2.49. The Kier molecular flexibility index (Phi) is 4.32. The van der Waals surface area contributed by atoms with Gasteiger partial charge in [-0.1, -0.05) is 6.07 Å². The predicted molar refractivity (Wildman–Crippen MR) is 92.3 cm³/mol. The molecule has 2 aromatic rings. The van der Waals surface area contributed by atoms with E-state index in [1.54, 1.807) is 12.1 Å². The third-order valence-electron chi connectivity index (χ3n) is 5.00. The van der Waals surface area contributed by atoms with Crippen LogP contribution in [0.3, 0.4) is 0 Å². The summed E-state index contributed by atoms with van der Waals surface area (Å²) in [5.41, 5.74) is 0. The summed E-state index contributed by atoms with van der Waals surface area (Å²) in [5.74, 6) is -2.00. The van der Waals surface area contributed by atoms with E-state index in [1.165, 1.54) is 15.6 Å². The molecule has 2 fully saturated rings. The van der Waals surface area contributed by atoms with Crippen LogP contribution >= 0.6 is 11.3 Å². The van der Waals surface area contributed by atoms with Crippen LogP contribution in [0.2, 0.25) is 0 Å². The maximum Gasteiger partial charge on any atom is 0.261 e. The number of carbonyl (C=O) groups is 1. The number of carbonyl (C=O) groups excluding carboxylic acids is 1. The van der Waals surface area contributed by atoms with Gasteiger partial charge in [-0.15, -0.1) is 11.3 Å². The molecule has 138 valence electrons. The van der Waals surface area contributed by atoms with Gasteiger partial charge in [-0.25, -0.2) is 17.2 Å². The number of hydrogen-bond donors (Lipinski definition) is 1. The van der Waals surface area contributed by atoms with Crippen molar-refractivity contribution in [2.24, 2.45) is 5.92 Å². The van der Waals surface area contributed by atoms with Crippen LogP contribution in [0.25, 0.3) is 0 Å². The second kappa shape index (κ2) is 6.40. The van der Waals surface area contributed by atoms with Gasteiger partial charge in [-0.2, -0.15) is 4.31 Å². The molecule has 2 aliphatic rings. The molecule has 3 atom stereocenters. The molecule has 9 heteroatoms. The fraction of sp³-hybridized carbons (Fsp3) is 0.353. The van der Waals surface area contributed by atoms with Crippen molar-refractivity contribution in [3.05, 3.63) is 52.2 Å². The molecule has 1 saturated heterocycles. The highest BCUT2D eigenvalue weighted by atomic mass is 32.2. The minimum atomic E-state index is -3.97. The Bertz CT molecular complexity index is 927. The fourth-order valence-electron chi connectivity index (χ4n) is 3.84. The second-order valence-electron chi connectivity index (χ2n) is 6.62. The highest BCUT2D eigenvalue weighted by Crippen LogP contribution is 2.41. The minimum absolute atomic E-state index is 0.00269. The van der Waals surface area contributed by atoms with Crippen molar-refractivity contribution >= 4 is 27.3 Å². The fourth-order valence-corrected chi connectivity index (χ4v) is 6.22. The molecule has 1 N–H and O–H groups in total. The molecule has 4 rings (SSSR count). The molecule has 1 aromatic carbocycles. The molecule has 1 saturated carbocycles. The van der Waals surface area contributed by atoms with E-state index in [0.29, 0.717) is 23.8 Å². The lowest BCUT2D eigenvalue weighted by Gasteiger charge is -2.31. The number of sulfonamides is 1. The van der Waals surface area contributed by atoms with E-state index in [1.807, 2.05) is 5.38 Å². The van der Waals surface area contributed by atoms with Gasteiger partial charge in [0.25, 0.3) is 5.91 Å². The molecule has 1 amide bonds. The van der Waals surface area contributed by atoms with Crippen molar-refractivity contribution in [2.45, 2.75) is 29.8 Å². The van der Waals surface area contributed by atoms with Crippen molar-refractivity contribution in [1.82, 2.24) is 9.62 Å². The Hall–Kier alpha value is -1.84. The number of thiophene rings is 1. The molecular weight excluding hydrogens is 382 g/mol. The molecule has 2 bridgehead atoms. The minimum Gasteiger partial charge on any atom is -0.348 e. The van der Waals surface area contributed by atoms with Gasteiger partial charge in [0.2, 0.25) is 10.0 Å². The number of amides is 1. The van der Waals surface area contributed by atoms with E-state index in [4.69, 9.17) is 0 Å².